The van der Waals surface area contributed by atoms with Gasteiger partial charge in [0.25, 0.3) is 5.89 Å². The summed E-state index contributed by atoms with van der Waals surface area (Å²) in [5.41, 5.74) is 5.55. The zero-order valence-electron chi connectivity index (χ0n) is 10.5. The van der Waals surface area contributed by atoms with Crippen LogP contribution in [-0.2, 0) is 14.6 Å². The first-order chi connectivity index (χ1) is 9.07. The Bertz CT molecular complexity index is 556. The lowest BCUT2D eigenvalue weighted by molar-refractivity contribution is 0.0307. The predicted molar refractivity (Wildman–Crippen MR) is 66.2 cm³/mol. The van der Waals surface area contributed by atoms with E-state index in [9.17, 15) is 8.42 Å². The lowest BCUT2D eigenvalue weighted by atomic mass is 10.1. The standard InChI is InChI=1S/C11H17N3O4S/c12-5-8-1-2-9(17-8)11-13-10(14-18-11)7-3-4-19(15,16)6-7/h7-9H,1-6,12H2. The molecule has 3 unspecified atom stereocenters. The number of nitrogens with zero attached hydrogens (tertiary/aromatic N) is 2. The van der Waals surface area contributed by atoms with E-state index in [-0.39, 0.29) is 29.6 Å². The Morgan fingerprint density at radius 1 is 1.32 bits per heavy atom. The third kappa shape index (κ3) is 2.65. The molecule has 1 aromatic heterocycles. The van der Waals surface area contributed by atoms with Crippen LogP contribution >= 0.6 is 0 Å². The highest BCUT2D eigenvalue weighted by Crippen LogP contribution is 2.33. The second kappa shape index (κ2) is 4.84. The van der Waals surface area contributed by atoms with E-state index in [0.29, 0.717) is 24.7 Å². The third-order valence-corrected chi connectivity index (χ3v) is 5.47. The van der Waals surface area contributed by atoms with Crippen molar-refractivity contribution in [3.05, 3.63) is 11.7 Å². The predicted octanol–water partition coefficient (Wildman–Crippen LogP) is 0.150. The molecule has 2 fully saturated rings. The number of ether oxygens (including phenoxy) is 1. The summed E-state index contributed by atoms with van der Waals surface area (Å²) in [6.45, 7) is 0.484. The lowest BCUT2D eigenvalue weighted by Crippen LogP contribution is -2.18. The summed E-state index contributed by atoms with van der Waals surface area (Å²) in [6, 6.07) is 0. The first-order valence-electron chi connectivity index (χ1n) is 6.47. The minimum absolute atomic E-state index is 0.0483. The van der Waals surface area contributed by atoms with Crippen molar-refractivity contribution in [2.75, 3.05) is 18.1 Å². The van der Waals surface area contributed by atoms with Crippen molar-refractivity contribution >= 4 is 9.84 Å². The molecule has 106 valence electrons. The van der Waals surface area contributed by atoms with Crippen molar-refractivity contribution in [3.63, 3.8) is 0 Å². The molecule has 2 aliphatic heterocycles. The molecule has 2 N–H and O–H groups in total. The van der Waals surface area contributed by atoms with Crippen LogP contribution < -0.4 is 5.73 Å². The van der Waals surface area contributed by atoms with Crippen LogP contribution in [-0.4, -0.2) is 42.7 Å². The van der Waals surface area contributed by atoms with E-state index >= 15 is 0 Å². The van der Waals surface area contributed by atoms with Gasteiger partial charge in [-0.3, -0.25) is 0 Å². The van der Waals surface area contributed by atoms with Crippen molar-refractivity contribution in [1.82, 2.24) is 10.1 Å². The summed E-state index contributed by atoms with van der Waals surface area (Å²) in [5.74, 6) is 1.10. The Balaban J connectivity index is 1.70. The summed E-state index contributed by atoms with van der Waals surface area (Å²) in [5, 5.41) is 3.90. The second-order valence-electron chi connectivity index (χ2n) is 5.15. The Morgan fingerprint density at radius 2 is 2.16 bits per heavy atom. The van der Waals surface area contributed by atoms with Crippen LogP contribution in [0.5, 0.6) is 0 Å². The monoisotopic (exact) mass is 287 g/mol. The van der Waals surface area contributed by atoms with Crippen LogP contribution in [0.3, 0.4) is 0 Å². The van der Waals surface area contributed by atoms with Gasteiger partial charge >= 0.3 is 0 Å². The molecule has 0 spiro atoms. The van der Waals surface area contributed by atoms with Gasteiger partial charge in [0, 0.05) is 12.5 Å². The van der Waals surface area contributed by atoms with Crippen LogP contribution in [0.4, 0.5) is 0 Å². The highest BCUT2D eigenvalue weighted by atomic mass is 32.2. The third-order valence-electron chi connectivity index (χ3n) is 3.70. The maximum atomic E-state index is 11.4. The highest BCUT2D eigenvalue weighted by Gasteiger charge is 2.34. The van der Waals surface area contributed by atoms with E-state index in [0.717, 1.165) is 12.8 Å². The molecule has 2 saturated heterocycles. The Labute approximate surface area is 111 Å². The van der Waals surface area contributed by atoms with Gasteiger partial charge in [-0.1, -0.05) is 5.16 Å². The first-order valence-corrected chi connectivity index (χ1v) is 8.29. The van der Waals surface area contributed by atoms with Crippen LogP contribution in [0.25, 0.3) is 0 Å². The van der Waals surface area contributed by atoms with Crippen LogP contribution in [0.1, 0.15) is 43.0 Å². The van der Waals surface area contributed by atoms with Gasteiger partial charge in [0.1, 0.15) is 6.10 Å². The van der Waals surface area contributed by atoms with Crippen molar-refractivity contribution in [1.29, 1.82) is 0 Å². The van der Waals surface area contributed by atoms with Gasteiger partial charge in [0.05, 0.1) is 17.6 Å². The summed E-state index contributed by atoms with van der Waals surface area (Å²) in [6.07, 6.45) is 2.11. The molecular formula is C11H17N3O4S. The molecule has 1 aromatic rings. The second-order valence-corrected chi connectivity index (χ2v) is 7.38. The average Bonchev–Trinajstić information content (AvgIpc) is 3.05. The van der Waals surface area contributed by atoms with Gasteiger partial charge < -0.3 is 15.0 Å². The highest BCUT2D eigenvalue weighted by molar-refractivity contribution is 7.91. The Morgan fingerprint density at radius 3 is 2.79 bits per heavy atom. The van der Waals surface area contributed by atoms with E-state index in [1.165, 1.54) is 0 Å². The number of hydrogen-bond donors (Lipinski definition) is 1. The molecular weight excluding hydrogens is 270 g/mol. The smallest absolute Gasteiger partial charge is 0.255 e. The molecule has 8 heteroatoms. The number of sulfone groups is 1. The summed E-state index contributed by atoms with van der Waals surface area (Å²) >= 11 is 0. The largest absolute Gasteiger partial charge is 0.364 e. The molecule has 0 aromatic carbocycles. The lowest BCUT2D eigenvalue weighted by Gasteiger charge is -2.07. The van der Waals surface area contributed by atoms with Crippen LogP contribution in [0, 0.1) is 0 Å². The summed E-state index contributed by atoms with van der Waals surface area (Å²) in [7, 11) is -2.94. The van der Waals surface area contributed by atoms with Crippen molar-refractivity contribution in [2.45, 2.75) is 37.4 Å². The minimum Gasteiger partial charge on any atom is -0.364 e. The SMILES string of the molecule is NCC1CCC(c2nc(C3CCS(=O)(=O)C3)no2)O1. The number of aromatic nitrogens is 2. The van der Waals surface area contributed by atoms with Gasteiger partial charge in [-0.05, 0) is 19.3 Å². The zero-order chi connectivity index (χ0) is 13.5. The van der Waals surface area contributed by atoms with E-state index in [1.807, 2.05) is 0 Å². The average molecular weight is 287 g/mol. The molecule has 3 rings (SSSR count). The quantitative estimate of drug-likeness (QED) is 0.842. The first kappa shape index (κ1) is 13.0. The van der Waals surface area contributed by atoms with Crippen molar-refractivity contribution in [3.8, 4) is 0 Å². The molecule has 0 bridgehead atoms. The fraction of sp³-hybridized carbons (Fsp3) is 0.818. The summed E-state index contributed by atoms with van der Waals surface area (Å²) < 4.78 is 33.7. The van der Waals surface area contributed by atoms with Crippen molar-refractivity contribution in [2.24, 2.45) is 5.73 Å². The fourth-order valence-corrected chi connectivity index (χ4v) is 4.34. The number of nitrogens with two attached hydrogens (primary N) is 1. The van der Waals surface area contributed by atoms with Crippen LogP contribution in [0.2, 0.25) is 0 Å². The van der Waals surface area contributed by atoms with Gasteiger partial charge in [-0.2, -0.15) is 4.98 Å². The van der Waals surface area contributed by atoms with Crippen LogP contribution in [0.15, 0.2) is 4.52 Å². The number of hydrogen-bond acceptors (Lipinski definition) is 7. The Hall–Kier alpha value is -0.990. The van der Waals surface area contributed by atoms with Gasteiger partial charge in [0.2, 0.25) is 0 Å². The van der Waals surface area contributed by atoms with E-state index < -0.39 is 9.84 Å². The fourth-order valence-electron chi connectivity index (χ4n) is 2.60. The number of rotatable bonds is 3. The minimum atomic E-state index is -2.94. The topological polar surface area (TPSA) is 108 Å². The van der Waals surface area contributed by atoms with E-state index in [4.69, 9.17) is 15.0 Å². The maximum absolute atomic E-state index is 11.4. The molecule has 3 heterocycles. The molecule has 0 amide bonds. The maximum Gasteiger partial charge on any atom is 0.255 e. The zero-order valence-corrected chi connectivity index (χ0v) is 11.3. The molecule has 0 saturated carbocycles. The van der Waals surface area contributed by atoms with E-state index in [1.54, 1.807) is 0 Å². The Kier molecular flexibility index (Phi) is 3.32. The molecule has 0 radical (unpaired) electrons. The molecule has 2 aliphatic rings. The molecule has 0 aliphatic carbocycles. The normalized spacial score (nSPS) is 33.8. The van der Waals surface area contributed by atoms with Gasteiger partial charge in [0.15, 0.2) is 15.7 Å². The van der Waals surface area contributed by atoms with Crippen molar-refractivity contribution < 1.29 is 17.7 Å². The molecule has 19 heavy (non-hydrogen) atoms. The van der Waals surface area contributed by atoms with Gasteiger partial charge in [-0.15, -0.1) is 0 Å². The molecule has 3 atom stereocenters. The van der Waals surface area contributed by atoms with Gasteiger partial charge in [-0.25, -0.2) is 8.42 Å². The molecule has 7 nitrogen and oxygen atoms in total. The van der Waals surface area contributed by atoms with E-state index in [2.05, 4.69) is 10.1 Å². The summed E-state index contributed by atoms with van der Waals surface area (Å²) in [4.78, 5) is 4.30.